The van der Waals surface area contributed by atoms with Crippen molar-refractivity contribution in [3.63, 3.8) is 0 Å². The third kappa shape index (κ3) is 4.17. The van der Waals surface area contributed by atoms with Gasteiger partial charge in [-0.15, -0.1) is 0 Å². The number of rotatable bonds is 6. The second-order valence-electron chi connectivity index (χ2n) is 6.33. The lowest BCUT2D eigenvalue weighted by Crippen LogP contribution is -2.47. The van der Waals surface area contributed by atoms with Gasteiger partial charge >= 0.3 is 5.97 Å². The first-order valence-corrected chi connectivity index (χ1v) is 7.89. The van der Waals surface area contributed by atoms with Crippen LogP contribution >= 0.6 is 0 Å². The summed E-state index contributed by atoms with van der Waals surface area (Å²) in [7, 11) is 0. The van der Waals surface area contributed by atoms with Crippen LogP contribution in [0.15, 0.2) is 0 Å². The van der Waals surface area contributed by atoms with Crippen LogP contribution in [0.4, 0.5) is 0 Å². The van der Waals surface area contributed by atoms with Gasteiger partial charge in [0.2, 0.25) is 5.91 Å². The molecule has 21 heavy (non-hydrogen) atoms. The van der Waals surface area contributed by atoms with E-state index in [9.17, 15) is 9.59 Å². The van der Waals surface area contributed by atoms with Crippen LogP contribution in [-0.2, 0) is 14.3 Å². The van der Waals surface area contributed by atoms with Crippen LogP contribution in [0.5, 0.6) is 0 Å². The van der Waals surface area contributed by atoms with E-state index >= 15 is 0 Å². The van der Waals surface area contributed by atoms with E-state index in [1.54, 1.807) is 0 Å². The molecule has 0 saturated carbocycles. The Kier molecular flexibility index (Phi) is 5.58. The monoisotopic (exact) mass is 298 g/mol. The molecule has 2 rings (SSSR count). The molecule has 0 aromatic carbocycles. The molecule has 2 saturated heterocycles. The van der Waals surface area contributed by atoms with Gasteiger partial charge in [0.25, 0.3) is 0 Å². The molecule has 0 aliphatic carbocycles. The summed E-state index contributed by atoms with van der Waals surface area (Å²) in [6.07, 6.45) is 1.90. The first-order chi connectivity index (χ1) is 9.99. The van der Waals surface area contributed by atoms with Crippen LogP contribution in [-0.4, -0.2) is 59.8 Å². The van der Waals surface area contributed by atoms with E-state index in [1.807, 2.05) is 0 Å². The fraction of sp³-hybridized carbons (Fsp3) is 0.867. The molecule has 0 aromatic heterocycles. The fourth-order valence-corrected chi connectivity index (χ4v) is 3.19. The summed E-state index contributed by atoms with van der Waals surface area (Å²) < 4.78 is 5.28. The van der Waals surface area contributed by atoms with E-state index in [1.165, 1.54) is 12.8 Å². The lowest BCUT2D eigenvalue weighted by atomic mass is 10.0. The summed E-state index contributed by atoms with van der Waals surface area (Å²) >= 11 is 0. The zero-order valence-corrected chi connectivity index (χ0v) is 12.9. The zero-order chi connectivity index (χ0) is 15.4. The minimum absolute atomic E-state index is 0.177. The van der Waals surface area contributed by atoms with Gasteiger partial charge in [-0.1, -0.05) is 13.8 Å². The fourth-order valence-electron chi connectivity index (χ4n) is 3.19. The van der Waals surface area contributed by atoms with Gasteiger partial charge in [0.1, 0.15) is 6.10 Å². The number of carboxylic acids is 1. The quantitative estimate of drug-likeness (QED) is 0.760. The van der Waals surface area contributed by atoms with Gasteiger partial charge in [0, 0.05) is 12.6 Å². The maximum Gasteiger partial charge on any atom is 0.332 e. The number of carbonyl (C=O) groups is 2. The number of likely N-dealkylation sites (tertiary alicyclic amines) is 1. The maximum atomic E-state index is 12.1. The second-order valence-corrected chi connectivity index (χ2v) is 6.33. The highest BCUT2D eigenvalue weighted by atomic mass is 16.5. The van der Waals surface area contributed by atoms with Crippen molar-refractivity contribution in [3.8, 4) is 0 Å². The van der Waals surface area contributed by atoms with Crippen molar-refractivity contribution in [2.45, 2.75) is 57.8 Å². The Labute approximate surface area is 125 Å². The van der Waals surface area contributed by atoms with Crippen LogP contribution in [0.3, 0.4) is 0 Å². The molecule has 3 atom stereocenters. The molecule has 1 unspecified atom stereocenters. The summed E-state index contributed by atoms with van der Waals surface area (Å²) in [5.41, 5.74) is 0. The van der Waals surface area contributed by atoms with Crippen molar-refractivity contribution in [3.05, 3.63) is 0 Å². The van der Waals surface area contributed by atoms with E-state index in [4.69, 9.17) is 9.84 Å². The van der Waals surface area contributed by atoms with Crippen molar-refractivity contribution in [2.75, 3.05) is 19.6 Å². The lowest BCUT2D eigenvalue weighted by molar-refractivity contribution is -0.151. The van der Waals surface area contributed by atoms with E-state index in [-0.39, 0.29) is 5.91 Å². The van der Waals surface area contributed by atoms with Gasteiger partial charge in [0.15, 0.2) is 6.10 Å². The van der Waals surface area contributed by atoms with E-state index in [2.05, 4.69) is 24.1 Å². The molecule has 2 N–H and O–H groups in total. The van der Waals surface area contributed by atoms with E-state index < -0.39 is 18.2 Å². The topological polar surface area (TPSA) is 78.9 Å². The first-order valence-electron chi connectivity index (χ1n) is 7.89. The summed E-state index contributed by atoms with van der Waals surface area (Å²) in [6.45, 7) is 7.14. The highest BCUT2D eigenvalue weighted by Gasteiger charge is 2.35. The van der Waals surface area contributed by atoms with Crippen molar-refractivity contribution in [1.29, 1.82) is 0 Å². The standard InChI is InChI=1S/C15H26N2O4/c1-10(2)11(17-7-3-4-8-17)9-16-14(18)12-5-6-13(21-12)15(19)20/h10-13H,3-9H2,1-2H3,(H,16,18)(H,19,20)/t11?,12-,13+/m0/s1. The van der Waals surface area contributed by atoms with Crippen molar-refractivity contribution < 1.29 is 19.4 Å². The number of carboxylic acid groups (broad SMARTS) is 1. The maximum absolute atomic E-state index is 12.1. The third-order valence-corrected chi connectivity index (χ3v) is 4.45. The summed E-state index contributed by atoms with van der Waals surface area (Å²) in [4.78, 5) is 25.4. The molecular weight excluding hydrogens is 272 g/mol. The number of nitrogens with zero attached hydrogens (tertiary/aromatic N) is 1. The molecule has 2 aliphatic rings. The molecule has 6 nitrogen and oxygen atoms in total. The summed E-state index contributed by atoms with van der Waals surface area (Å²) in [6, 6.07) is 0.341. The van der Waals surface area contributed by atoms with Crippen molar-refractivity contribution in [2.24, 2.45) is 5.92 Å². The highest BCUT2D eigenvalue weighted by molar-refractivity contribution is 5.82. The Bertz CT molecular complexity index is 380. The molecule has 120 valence electrons. The Morgan fingerprint density at radius 2 is 1.86 bits per heavy atom. The normalized spacial score (nSPS) is 28.0. The number of amides is 1. The number of ether oxygens (including phenoxy) is 1. The largest absolute Gasteiger partial charge is 0.479 e. The number of aliphatic carboxylic acids is 1. The number of carbonyl (C=O) groups excluding carboxylic acids is 1. The average molecular weight is 298 g/mol. The van der Waals surface area contributed by atoms with Crippen LogP contribution in [0.1, 0.15) is 39.5 Å². The predicted octanol–water partition coefficient (Wildman–Crippen LogP) is 0.855. The SMILES string of the molecule is CC(C)C(CNC(=O)[C@@H]1CC[C@H](C(=O)O)O1)N1CCCC1. The lowest BCUT2D eigenvalue weighted by Gasteiger charge is -2.31. The van der Waals surface area contributed by atoms with Crippen LogP contribution in [0.2, 0.25) is 0 Å². The molecule has 2 heterocycles. The van der Waals surface area contributed by atoms with Gasteiger partial charge < -0.3 is 15.2 Å². The molecule has 2 aliphatic heterocycles. The van der Waals surface area contributed by atoms with Gasteiger partial charge in [-0.3, -0.25) is 9.69 Å². The highest BCUT2D eigenvalue weighted by Crippen LogP contribution is 2.21. The van der Waals surface area contributed by atoms with Crippen LogP contribution < -0.4 is 5.32 Å². The summed E-state index contributed by atoms with van der Waals surface area (Å²) in [5, 5.41) is 11.8. The van der Waals surface area contributed by atoms with Gasteiger partial charge in [0.05, 0.1) is 0 Å². The number of hydrogen-bond acceptors (Lipinski definition) is 4. The second kappa shape index (κ2) is 7.22. The molecule has 0 radical (unpaired) electrons. The van der Waals surface area contributed by atoms with Crippen LogP contribution in [0.25, 0.3) is 0 Å². The van der Waals surface area contributed by atoms with Crippen LogP contribution in [0, 0.1) is 5.92 Å². The third-order valence-electron chi connectivity index (χ3n) is 4.45. The predicted molar refractivity (Wildman–Crippen MR) is 78.0 cm³/mol. The Morgan fingerprint density at radius 1 is 1.24 bits per heavy atom. The molecule has 0 aromatic rings. The number of nitrogens with one attached hydrogen (secondary N) is 1. The zero-order valence-electron chi connectivity index (χ0n) is 12.9. The minimum Gasteiger partial charge on any atom is -0.479 e. The smallest absolute Gasteiger partial charge is 0.332 e. The van der Waals surface area contributed by atoms with E-state index in [0.29, 0.717) is 31.3 Å². The molecule has 0 spiro atoms. The first kappa shape index (κ1) is 16.2. The Hall–Kier alpha value is -1.14. The van der Waals surface area contributed by atoms with Gasteiger partial charge in [-0.25, -0.2) is 4.79 Å². The molecular formula is C15H26N2O4. The Balaban J connectivity index is 1.80. The summed E-state index contributed by atoms with van der Waals surface area (Å²) in [5.74, 6) is -0.689. The minimum atomic E-state index is -0.984. The molecule has 6 heteroatoms. The Morgan fingerprint density at radius 3 is 2.38 bits per heavy atom. The van der Waals surface area contributed by atoms with Crippen molar-refractivity contribution in [1.82, 2.24) is 10.2 Å². The van der Waals surface area contributed by atoms with Gasteiger partial charge in [-0.05, 0) is 44.7 Å². The number of hydrogen-bond donors (Lipinski definition) is 2. The average Bonchev–Trinajstić information content (AvgIpc) is 3.09. The molecule has 2 fully saturated rings. The molecule has 0 bridgehead atoms. The van der Waals surface area contributed by atoms with Gasteiger partial charge in [-0.2, -0.15) is 0 Å². The van der Waals surface area contributed by atoms with E-state index in [0.717, 1.165) is 13.1 Å². The van der Waals surface area contributed by atoms with Crippen molar-refractivity contribution >= 4 is 11.9 Å². The molecule has 1 amide bonds.